The first-order valence-electron chi connectivity index (χ1n) is 7.94. The Morgan fingerprint density at radius 1 is 1.11 bits per heavy atom. The summed E-state index contributed by atoms with van der Waals surface area (Å²) >= 11 is 0. The number of rotatable bonds is 8. The Bertz CT molecular complexity index is 986. The molecule has 0 radical (unpaired) electrons. The van der Waals surface area contributed by atoms with Crippen LogP contribution in [-0.4, -0.2) is 36.4 Å². The number of carboxylic acids is 1. The van der Waals surface area contributed by atoms with E-state index in [2.05, 4.69) is 10.0 Å². The van der Waals surface area contributed by atoms with Crippen molar-refractivity contribution in [3.63, 3.8) is 0 Å². The maximum Gasteiger partial charge on any atom is 0.322 e. The minimum absolute atomic E-state index is 0.157. The quantitative estimate of drug-likeness (QED) is 0.442. The lowest BCUT2D eigenvalue weighted by molar-refractivity contribution is -0.384. The summed E-state index contributed by atoms with van der Waals surface area (Å²) < 4.78 is 27.0. The number of nitrogens with one attached hydrogen (secondary N) is 2. The molecule has 0 aliphatic heterocycles. The third kappa shape index (κ3) is 5.59. The molecule has 0 heterocycles. The molecule has 28 heavy (non-hydrogen) atoms. The van der Waals surface area contributed by atoms with Gasteiger partial charge in [0.25, 0.3) is 5.69 Å². The number of carboxylic acid groups (broad SMARTS) is 1. The number of nitro benzene ring substituents is 1. The number of amides is 1. The van der Waals surface area contributed by atoms with Crippen LogP contribution < -0.4 is 10.0 Å². The highest BCUT2D eigenvalue weighted by molar-refractivity contribution is 7.89. The van der Waals surface area contributed by atoms with Crippen molar-refractivity contribution in [2.75, 3.05) is 5.32 Å². The zero-order valence-electron chi connectivity index (χ0n) is 14.7. The van der Waals surface area contributed by atoms with Crippen LogP contribution in [-0.2, 0) is 26.0 Å². The Hall–Kier alpha value is -3.31. The first-order chi connectivity index (χ1) is 13.1. The van der Waals surface area contributed by atoms with Gasteiger partial charge in [-0.05, 0) is 36.2 Å². The molecule has 2 aromatic rings. The van der Waals surface area contributed by atoms with Crippen LogP contribution >= 0.6 is 0 Å². The smallest absolute Gasteiger partial charge is 0.322 e. The number of aliphatic carboxylic acids is 1. The van der Waals surface area contributed by atoms with Crippen LogP contribution in [0.3, 0.4) is 0 Å². The van der Waals surface area contributed by atoms with Crippen LogP contribution in [0.2, 0.25) is 0 Å². The summed E-state index contributed by atoms with van der Waals surface area (Å²) in [6.45, 7) is 1.31. The molecule has 0 aliphatic carbocycles. The van der Waals surface area contributed by atoms with Crippen LogP contribution in [0.5, 0.6) is 0 Å². The standard InChI is InChI=1S/C17H17N3O7S/c1-11(21)18-13-4-8-15(9-5-13)28(26,27)19-16(17(22)23)10-12-2-6-14(7-3-12)20(24)25/h2-9,16,19H,10H2,1H3,(H,18,21)(H,22,23). The molecule has 0 spiro atoms. The highest BCUT2D eigenvalue weighted by atomic mass is 32.2. The normalized spacial score (nSPS) is 12.2. The summed E-state index contributed by atoms with van der Waals surface area (Å²) in [5.41, 5.74) is 0.657. The van der Waals surface area contributed by atoms with Crippen molar-refractivity contribution < 1.29 is 28.0 Å². The molecule has 0 saturated heterocycles. The van der Waals surface area contributed by atoms with Gasteiger partial charge in [-0.15, -0.1) is 0 Å². The molecule has 0 aliphatic rings. The Labute approximate surface area is 160 Å². The molecular formula is C17H17N3O7S. The Kier molecular flexibility index (Phi) is 6.44. The van der Waals surface area contributed by atoms with Crippen molar-refractivity contribution in [1.29, 1.82) is 0 Å². The van der Waals surface area contributed by atoms with Crippen LogP contribution in [0.25, 0.3) is 0 Å². The second-order valence-corrected chi connectivity index (χ2v) is 7.56. The Morgan fingerprint density at radius 2 is 1.68 bits per heavy atom. The minimum Gasteiger partial charge on any atom is -0.480 e. The monoisotopic (exact) mass is 407 g/mol. The van der Waals surface area contributed by atoms with E-state index >= 15 is 0 Å². The van der Waals surface area contributed by atoms with Gasteiger partial charge < -0.3 is 10.4 Å². The summed E-state index contributed by atoms with van der Waals surface area (Å²) in [5, 5.41) is 22.5. The van der Waals surface area contributed by atoms with E-state index in [0.29, 0.717) is 11.3 Å². The van der Waals surface area contributed by atoms with E-state index in [0.717, 1.165) is 0 Å². The zero-order chi connectivity index (χ0) is 20.9. The number of carbonyl (C=O) groups excluding carboxylic acids is 1. The highest BCUT2D eigenvalue weighted by Crippen LogP contribution is 2.17. The first-order valence-corrected chi connectivity index (χ1v) is 9.43. The second kappa shape index (κ2) is 8.59. The van der Waals surface area contributed by atoms with Gasteiger partial charge in [0.1, 0.15) is 6.04 Å². The Morgan fingerprint density at radius 3 is 2.14 bits per heavy atom. The van der Waals surface area contributed by atoms with Gasteiger partial charge in [0, 0.05) is 24.7 Å². The lowest BCUT2D eigenvalue weighted by Crippen LogP contribution is -2.42. The summed E-state index contributed by atoms with van der Waals surface area (Å²) in [6.07, 6.45) is -0.198. The molecule has 1 atom stereocenters. The van der Waals surface area contributed by atoms with E-state index in [-0.39, 0.29) is 22.9 Å². The average Bonchev–Trinajstić information content (AvgIpc) is 2.61. The Balaban J connectivity index is 2.16. The number of nitro groups is 1. The first kappa shape index (κ1) is 21.0. The molecule has 0 bridgehead atoms. The predicted molar refractivity (Wildman–Crippen MR) is 99.3 cm³/mol. The zero-order valence-corrected chi connectivity index (χ0v) is 15.5. The molecule has 3 N–H and O–H groups in total. The van der Waals surface area contributed by atoms with Crippen molar-refractivity contribution in [1.82, 2.24) is 4.72 Å². The number of benzene rings is 2. The van der Waals surface area contributed by atoms with Crippen molar-refractivity contribution in [3.05, 3.63) is 64.2 Å². The van der Waals surface area contributed by atoms with Crippen LogP contribution in [0.15, 0.2) is 53.4 Å². The number of carbonyl (C=O) groups is 2. The summed E-state index contributed by atoms with van der Waals surface area (Å²) in [7, 11) is -4.14. The minimum atomic E-state index is -4.14. The second-order valence-electron chi connectivity index (χ2n) is 5.85. The molecule has 1 amide bonds. The average molecular weight is 407 g/mol. The molecule has 10 nitrogen and oxygen atoms in total. The largest absolute Gasteiger partial charge is 0.480 e. The molecule has 0 saturated carbocycles. The molecule has 0 aromatic heterocycles. The fourth-order valence-corrected chi connectivity index (χ4v) is 3.53. The van der Waals surface area contributed by atoms with Crippen molar-refractivity contribution in [3.8, 4) is 0 Å². The van der Waals surface area contributed by atoms with Crippen molar-refractivity contribution in [2.24, 2.45) is 0 Å². The van der Waals surface area contributed by atoms with Crippen molar-refractivity contribution >= 4 is 33.3 Å². The number of anilines is 1. The van der Waals surface area contributed by atoms with E-state index in [1.807, 2.05) is 0 Å². The van der Waals surface area contributed by atoms with E-state index < -0.39 is 27.0 Å². The molecule has 1 unspecified atom stereocenters. The van der Waals surface area contributed by atoms with Gasteiger partial charge in [-0.1, -0.05) is 12.1 Å². The molecule has 2 aromatic carbocycles. The van der Waals surface area contributed by atoms with Gasteiger partial charge in [0.15, 0.2) is 0 Å². The number of sulfonamides is 1. The van der Waals surface area contributed by atoms with Gasteiger partial charge in [-0.3, -0.25) is 19.7 Å². The highest BCUT2D eigenvalue weighted by Gasteiger charge is 2.26. The summed E-state index contributed by atoms with van der Waals surface area (Å²) in [5.74, 6) is -1.71. The van der Waals surface area contributed by atoms with E-state index in [1.54, 1.807) is 0 Å². The maximum atomic E-state index is 12.5. The maximum absolute atomic E-state index is 12.5. The number of hydrogen-bond acceptors (Lipinski definition) is 6. The van der Waals surface area contributed by atoms with Crippen LogP contribution in [0.1, 0.15) is 12.5 Å². The van der Waals surface area contributed by atoms with Gasteiger partial charge in [-0.2, -0.15) is 4.72 Å². The molecule has 2 rings (SSSR count). The fraction of sp³-hybridized carbons (Fsp3) is 0.176. The van der Waals surface area contributed by atoms with E-state index in [4.69, 9.17) is 0 Å². The topological polar surface area (TPSA) is 156 Å². The van der Waals surface area contributed by atoms with Crippen molar-refractivity contribution in [2.45, 2.75) is 24.3 Å². The fourth-order valence-electron chi connectivity index (χ4n) is 2.34. The van der Waals surface area contributed by atoms with Gasteiger partial charge >= 0.3 is 5.97 Å². The number of non-ortho nitro benzene ring substituents is 1. The van der Waals surface area contributed by atoms with E-state index in [9.17, 15) is 33.2 Å². The van der Waals surface area contributed by atoms with Crippen LogP contribution in [0, 0.1) is 10.1 Å². The number of nitrogens with zero attached hydrogens (tertiary/aromatic N) is 1. The van der Waals surface area contributed by atoms with Gasteiger partial charge in [0.2, 0.25) is 15.9 Å². The lowest BCUT2D eigenvalue weighted by Gasteiger charge is -2.15. The number of hydrogen-bond donors (Lipinski definition) is 3. The van der Waals surface area contributed by atoms with Crippen LogP contribution in [0.4, 0.5) is 11.4 Å². The summed E-state index contributed by atoms with van der Waals surface area (Å²) in [4.78, 5) is 32.4. The SMILES string of the molecule is CC(=O)Nc1ccc(S(=O)(=O)NC(Cc2ccc([N+](=O)[O-])cc2)C(=O)O)cc1. The molecular weight excluding hydrogens is 390 g/mol. The summed E-state index contributed by atoms with van der Waals surface area (Å²) in [6, 6.07) is 8.91. The van der Waals surface area contributed by atoms with Gasteiger partial charge in [0.05, 0.1) is 9.82 Å². The third-order valence-electron chi connectivity index (χ3n) is 3.67. The lowest BCUT2D eigenvalue weighted by atomic mass is 10.1. The molecule has 0 fully saturated rings. The predicted octanol–water partition coefficient (Wildman–Crippen LogP) is 1.53. The van der Waals surface area contributed by atoms with Gasteiger partial charge in [-0.25, -0.2) is 8.42 Å². The molecule has 11 heteroatoms. The van der Waals surface area contributed by atoms with E-state index in [1.165, 1.54) is 55.5 Å². The molecule has 148 valence electrons. The third-order valence-corrected chi connectivity index (χ3v) is 5.16.